The van der Waals surface area contributed by atoms with Crippen LogP contribution in [0.1, 0.15) is 48.5 Å². The summed E-state index contributed by atoms with van der Waals surface area (Å²) in [5.41, 5.74) is 1.45. The smallest absolute Gasteiger partial charge is 0.339 e. The molecule has 0 N–H and O–H groups in total. The van der Waals surface area contributed by atoms with Gasteiger partial charge < -0.3 is 9.64 Å². The van der Waals surface area contributed by atoms with E-state index in [0.717, 1.165) is 50.2 Å². The molecule has 8 heteroatoms. The molecule has 0 spiro atoms. The van der Waals surface area contributed by atoms with E-state index < -0.39 is 10.1 Å². The van der Waals surface area contributed by atoms with Crippen LogP contribution in [-0.2, 0) is 19.0 Å². The Morgan fingerprint density at radius 3 is 2.45 bits per heavy atom. The predicted molar refractivity (Wildman–Crippen MR) is 119 cm³/mol. The van der Waals surface area contributed by atoms with Gasteiger partial charge in [0.2, 0.25) is 0 Å². The van der Waals surface area contributed by atoms with Crippen LogP contribution in [0, 0.1) is 12.8 Å². The molecule has 1 saturated heterocycles. The number of carbonyl (C=O) groups is 1. The molecule has 2 aromatic rings. The van der Waals surface area contributed by atoms with E-state index in [4.69, 9.17) is 8.92 Å². The van der Waals surface area contributed by atoms with Gasteiger partial charge in [-0.15, -0.1) is 0 Å². The third-order valence-corrected chi connectivity index (χ3v) is 6.72. The highest BCUT2D eigenvalue weighted by Gasteiger charge is 2.24. The third kappa shape index (κ3) is 6.51. The number of ether oxygens (including phenoxy) is 1. The first-order valence-electron chi connectivity index (χ1n) is 10.7. The lowest BCUT2D eigenvalue weighted by Crippen LogP contribution is -2.36. The van der Waals surface area contributed by atoms with Gasteiger partial charge in [-0.05, 0) is 56.4 Å². The minimum atomic E-state index is -3.73. The zero-order chi connectivity index (χ0) is 22.3. The highest BCUT2D eigenvalue weighted by Crippen LogP contribution is 2.24. The van der Waals surface area contributed by atoms with Crippen molar-refractivity contribution in [1.29, 1.82) is 0 Å². The van der Waals surface area contributed by atoms with E-state index in [1.165, 1.54) is 0 Å². The highest BCUT2D eigenvalue weighted by atomic mass is 32.2. The van der Waals surface area contributed by atoms with Crippen LogP contribution < -0.4 is 4.90 Å². The average Bonchev–Trinajstić information content (AvgIpc) is 2.79. The number of carbonyl (C=O) groups excluding carboxylic acids is 1. The fraction of sp³-hybridized carbons (Fsp3) is 0.478. The molecule has 1 aromatic heterocycles. The summed E-state index contributed by atoms with van der Waals surface area (Å²) in [5.74, 6) is 0.624. The predicted octanol–water partition coefficient (Wildman–Crippen LogP) is 3.97. The van der Waals surface area contributed by atoms with Gasteiger partial charge in [-0.2, -0.15) is 8.42 Å². The lowest BCUT2D eigenvalue weighted by Gasteiger charge is -2.32. The topological polar surface area (TPSA) is 85.8 Å². The number of hydrogen-bond acceptors (Lipinski definition) is 7. The van der Waals surface area contributed by atoms with Crippen LogP contribution in [0.15, 0.2) is 47.5 Å². The summed E-state index contributed by atoms with van der Waals surface area (Å²) in [6.45, 7) is 6.07. The molecule has 1 aliphatic heterocycles. The average molecular weight is 447 g/mol. The van der Waals surface area contributed by atoms with Crippen molar-refractivity contribution < 1.29 is 22.1 Å². The molecule has 1 aromatic carbocycles. The van der Waals surface area contributed by atoms with Crippen molar-refractivity contribution in [2.24, 2.45) is 5.92 Å². The fourth-order valence-electron chi connectivity index (χ4n) is 3.37. The van der Waals surface area contributed by atoms with Crippen LogP contribution in [0.3, 0.4) is 0 Å². The molecule has 0 bridgehead atoms. The molecule has 1 aliphatic rings. The SMILES string of the molecule is CCCCOC(=O)c1ccc(N2CCC(COS(=O)(=O)c3ccc(C)cc3)CC2)nc1. The van der Waals surface area contributed by atoms with E-state index in [2.05, 4.69) is 9.88 Å². The number of benzene rings is 1. The number of pyridine rings is 1. The van der Waals surface area contributed by atoms with Crippen molar-refractivity contribution in [2.75, 3.05) is 31.2 Å². The van der Waals surface area contributed by atoms with Crippen LogP contribution in [-0.4, -0.2) is 45.7 Å². The van der Waals surface area contributed by atoms with Crippen molar-refractivity contribution >= 4 is 21.9 Å². The van der Waals surface area contributed by atoms with Gasteiger partial charge in [0, 0.05) is 19.3 Å². The number of aryl methyl sites for hydroxylation is 1. The Morgan fingerprint density at radius 1 is 1.13 bits per heavy atom. The third-order valence-electron chi connectivity index (χ3n) is 5.42. The first kappa shape index (κ1) is 23.2. The number of unbranched alkanes of at least 4 members (excludes halogenated alkanes) is 1. The maximum Gasteiger partial charge on any atom is 0.339 e. The van der Waals surface area contributed by atoms with E-state index >= 15 is 0 Å². The minimum absolute atomic E-state index is 0.171. The molecule has 0 radical (unpaired) electrons. The molecule has 31 heavy (non-hydrogen) atoms. The molecule has 2 heterocycles. The normalized spacial score (nSPS) is 15.1. The van der Waals surface area contributed by atoms with E-state index in [9.17, 15) is 13.2 Å². The molecule has 3 rings (SSSR count). The van der Waals surface area contributed by atoms with E-state index in [-0.39, 0.29) is 23.4 Å². The van der Waals surface area contributed by atoms with Crippen LogP contribution in [0.2, 0.25) is 0 Å². The summed E-state index contributed by atoms with van der Waals surface area (Å²) in [4.78, 5) is 18.7. The van der Waals surface area contributed by atoms with Crippen LogP contribution in [0.4, 0.5) is 5.82 Å². The van der Waals surface area contributed by atoms with Gasteiger partial charge in [-0.25, -0.2) is 9.78 Å². The van der Waals surface area contributed by atoms with Gasteiger partial charge in [0.1, 0.15) is 5.82 Å². The fourth-order valence-corrected chi connectivity index (χ4v) is 4.35. The summed E-state index contributed by atoms with van der Waals surface area (Å²) >= 11 is 0. The van der Waals surface area contributed by atoms with Crippen molar-refractivity contribution in [1.82, 2.24) is 4.98 Å². The molecule has 168 valence electrons. The second kappa shape index (κ2) is 10.7. The molecule has 0 atom stereocenters. The molecular weight excluding hydrogens is 416 g/mol. The summed E-state index contributed by atoms with van der Waals surface area (Å²) in [5, 5.41) is 0. The van der Waals surface area contributed by atoms with Gasteiger partial charge in [0.05, 0.1) is 23.7 Å². The molecule has 0 saturated carbocycles. The summed E-state index contributed by atoms with van der Waals surface area (Å²) in [6, 6.07) is 10.2. The number of rotatable bonds is 9. The van der Waals surface area contributed by atoms with Crippen molar-refractivity contribution in [3.8, 4) is 0 Å². The molecule has 0 unspecified atom stereocenters. The van der Waals surface area contributed by atoms with Crippen LogP contribution in [0.5, 0.6) is 0 Å². The Hall–Kier alpha value is -2.45. The summed E-state index contributed by atoms with van der Waals surface area (Å²) in [6.07, 6.45) is 5.00. The van der Waals surface area contributed by atoms with Gasteiger partial charge in [-0.1, -0.05) is 31.0 Å². The quantitative estimate of drug-likeness (QED) is 0.327. The van der Waals surface area contributed by atoms with E-state index in [0.29, 0.717) is 12.2 Å². The standard InChI is InChI=1S/C23H30N2O5S/c1-3-4-15-29-23(26)20-7-10-22(24-16-20)25-13-11-19(12-14-25)17-30-31(27,28)21-8-5-18(2)6-9-21/h5-10,16,19H,3-4,11-15,17H2,1-2H3. The largest absolute Gasteiger partial charge is 0.462 e. The Morgan fingerprint density at radius 2 is 1.84 bits per heavy atom. The number of nitrogens with zero attached hydrogens (tertiary/aromatic N) is 2. The molecule has 0 aliphatic carbocycles. The Bertz CT molecular complexity index is 950. The van der Waals surface area contributed by atoms with Gasteiger partial charge in [0.25, 0.3) is 10.1 Å². The van der Waals surface area contributed by atoms with E-state index in [1.54, 1.807) is 36.5 Å². The highest BCUT2D eigenvalue weighted by molar-refractivity contribution is 7.86. The molecule has 0 amide bonds. The minimum Gasteiger partial charge on any atom is -0.462 e. The zero-order valence-corrected chi connectivity index (χ0v) is 18.9. The van der Waals surface area contributed by atoms with Crippen LogP contribution in [0.25, 0.3) is 0 Å². The summed E-state index contributed by atoms with van der Waals surface area (Å²) < 4.78 is 35.2. The molecule has 7 nitrogen and oxygen atoms in total. The zero-order valence-electron chi connectivity index (χ0n) is 18.1. The van der Waals surface area contributed by atoms with Crippen molar-refractivity contribution in [3.05, 3.63) is 53.7 Å². The van der Waals surface area contributed by atoms with Crippen molar-refractivity contribution in [2.45, 2.75) is 44.4 Å². The summed E-state index contributed by atoms with van der Waals surface area (Å²) in [7, 11) is -3.73. The number of aromatic nitrogens is 1. The lowest BCUT2D eigenvalue weighted by molar-refractivity contribution is 0.0499. The maximum atomic E-state index is 12.4. The first-order chi connectivity index (χ1) is 14.9. The van der Waals surface area contributed by atoms with Crippen LogP contribution >= 0.6 is 0 Å². The number of piperidine rings is 1. The second-order valence-electron chi connectivity index (χ2n) is 7.88. The lowest BCUT2D eigenvalue weighted by atomic mass is 9.98. The molecular formula is C23H30N2O5S. The maximum absolute atomic E-state index is 12.4. The Kier molecular flexibility index (Phi) is 8.03. The van der Waals surface area contributed by atoms with Gasteiger partial charge in [0.15, 0.2) is 0 Å². The van der Waals surface area contributed by atoms with Gasteiger partial charge in [-0.3, -0.25) is 4.18 Å². The number of anilines is 1. The second-order valence-corrected chi connectivity index (χ2v) is 9.49. The number of esters is 1. The molecule has 1 fully saturated rings. The Labute approximate surface area is 184 Å². The first-order valence-corrected chi connectivity index (χ1v) is 12.1. The monoisotopic (exact) mass is 446 g/mol. The van der Waals surface area contributed by atoms with Gasteiger partial charge >= 0.3 is 5.97 Å². The van der Waals surface area contributed by atoms with E-state index in [1.807, 2.05) is 19.9 Å². The Balaban J connectivity index is 1.47. The van der Waals surface area contributed by atoms with Crippen molar-refractivity contribution in [3.63, 3.8) is 0 Å². The number of hydrogen-bond donors (Lipinski definition) is 0.